The molecule has 0 aromatic carbocycles. The number of likely N-dealkylation sites (tertiary alicyclic amines) is 1. The minimum Gasteiger partial charge on any atom is -0.393 e. The number of aliphatic hydroxyl groups excluding tert-OH is 1. The number of nitrogens with zero attached hydrogens (tertiary/aromatic N) is 3. The zero-order valence-corrected chi connectivity index (χ0v) is 12.9. The van der Waals surface area contributed by atoms with Gasteiger partial charge in [0.2, 0.25) is 16.9 Å². The molecule has 2 rings (SSSR count). The highest BCUT2D eigenvalue weighted by molar-refractivity contribution is 7.15. The normalized spacial score (nSPS) is 16.0. The molecule has 1 saturated heterocycles. The number of carbonyl (C=O) groups is 2. The van der Waals surface area contributed by atoms with Gasteiger partial charge in [0.15, 0.2) is 0 Å². The number of anilines is 1. The van der Waals surface area contributed by atoms with Gasteiger partial charge in [0.05, 0.1) is 6.10 Å². The first-order chi connectivity index (χ1) is 10.1. The van der Waals surface area contributed by atoms with E-state index in [0.29, 0.717) is 31.1 Å². The third kappa shape index (κ3) is 4.75. The third-order valence-electron chi connectivity index (χ3n) is 3.40. The van der Waals surface area contributed by atoms with Crippen LogP contribution in [0.3, 0.4) is 0 Å². The lowest BCUT2D eigenvalue weighted by Crippen LogP contribution is -2.40. The lowest BCUT2D eigenvalue weighted by molar-refractivity contribution is -0.134. The standard InChI is InChI=1S/C13H20N4O3S/c1-2-11-15-16-13(21-11)14-10(19)3-4-12(20)17-7-5-9(18)6-8-17/h9,18H,2-8H2,1H3,(H,14,16,19). The molecule has 0 aliphatic carbocycles. The van der Waals surface area contributed by atoms with Crippen LogP contribution >= 0.6 is 11.3 Å². The van der Waals surface area contributed by atoms with E-state index in [9.17, 15) is 14.7 Å². The Labute approximate surface area is 127 Å². The first-order valence-corrected chi connectivity index (χ1v) is 7.98. The topological polar surface area (TPSA) is 95.4 Å². The van der Waals surface area contributed by atoms with E-state index >= 15 is 0 Å². The average molecular weight is 312 g/mol. The van der Waals surface area contributed by atoms with Crippen molar-refractivity contribution >= 4 is 28.3 Å². The van der Waals surface area contributed by atoms with Crippen LogP contribution in [-0.4, -0.2) is 51.2 Å². The van der Waals surface area contributed by atoms with Crippen molar-refractivity contribution in [2.24, 2.45) is 0 Å². The fourth-order valence-electron chi connectivity index (χ4n) is 2.12. The van der Waals surface area contributed by atoms with Gasteiger partial charge in [0.25, 0.3) is 0 Å². The average Bonchev–Trinajstić information content (AvgIpc) is 2.93. The molecule has 116 valence electrons. The van der Waals surface area contributed by atoms with E-state index in [2.05, 4.69) is 15.5 Å². The molecular weight excluding hydrogens is 292 g/mol. The van der Waals surface area contributed by atoms with E-state index in [4.69, 9.17) is 0 Å². The van der Waals surface area contributed by atoms with E-state index in [-0.39, 0.29) is 30.8 Å². The molecular formula is C13H20N4O3S. The number of hydrogen-bond donors (Lipinski definition) is 2. The molecule has 2 amide bonds. The Kier molecular flexibility index (Phi) is 5.63. The summed E-state index contributed by atoms with van der Waals surface area (Å²) >= 11 is 1.35. The first-order valence-electron chi connectivity index (χ1n) is 7.16. The van der Waals surface area contributed by atoms with Gasteiger partial charge in [-0.2, -0.15) is 0 Å². The Morgan fingerprint density at radius 2 is 2.05 bits per heavy atom. The van der Waals surface area contributed by atoms with Gasteiger partial charge in [0, 0.05) is 25.9 Å². The van der Waals surface area contributed by atoms with Crippen LogP contribution in [0.5, 0.6) is 0 Å². The van der Waals surface area contributed by atoms with E-state index < -0.39 is 0 Å². The largest absolute Gasteiger partial charge is 0.393 e. The van der Waals surface area contributed by atoms with Crippen molar-refractivity contribution < 1.29 is 14.7 Å². The van der Waals surface area contributed by atoms with Gasteiger partial charge < -0.3 is 15.3 Å². The lowest BCUT2D eigenvalue weighted by Gasteiger charge is -2.29. The summed E-state index contributed by atoms with van der Waals surface area (Å²) in [4.78, 5) is 25.4. The SMILES string of the molecule is CCc1nnc(NC(=O)CCC(=O)N2CCC(O)CC2)s1. The zero-order valence-electron chi connectivity index (χ0n) is 12.0. The van der Waals surface area contributed by atoms with Crippen LogP contribution in [0.15, 0.2) is 0 Å². The highest BCUT2D eigenvalue weighted by atomic mass is 32.1. The van der Waals surface area contributed by atoms with E-state index in [0.717, 1.165) is 11.4 Å². The summed E-state index contributed by atoms with van der Waals surface area (Å²) in [6.07, 6.45) is 2.03. The molecule has 8 heteroatoms. The molecule has 1 aliphatic heterocycles. The van der Waals surface area contributed by atoms with E-state index in [1.54, 1.807) is 4.90 Å². The Morgan fingerprint density at radius 3 is 2.67 bits per heavy atom. The van der Waals surface area contributed by atoms with Crippen LogP contribution < -0.4 is 5.32 Å². The summed E-state index contributed by atoms with van der Waals surface area (Å²) in [6.45, 7) is 3.11. The minimum atomic E-state index is -0.303. The van der Waals surface area contributed by atoms with Gasteiger partial charge in [0.1, 0.15) is 5.01 Å². The molecule has 2 N–H and O–H groups in total. The van der Waals surface area contributed by atoms with Gasteiger partial charge in [-0.15, -0.1) is 10.2 Å². The molecule has 1 aliphatic rings. The van der Waals surface area contributed by atoms with Gasteiger partial charge in [-0.3, -0.25) is 9.59 Å². The molecule has 1 fully saturated rings. The van der Waals surface area contributed by atoms with Gasteiger partial charge in [-0.05, 0) is 19.3 Å². The highest BCUT2D eigenvalue weighted by Crippen LogP contribution is 2.16. The minimum absolute atomic E-state index is 0.0384. The fraction of sp³-hybridized carbons (Fsp3) is 0.692. The number of nitrogens with one attached hydrogen (secondary N) is 1. The number of carbonyl (C=O) groups excluding carboxylic acids is 2. The smallest absolute Gasteiger partial charge is 0.226 e. The monoisotopic (exact) mass is 312 g/mol. The maximum Gasteiger partial charge on any atom is 0.226 e. The quantitative estimate of drug-likeness (QED) is 0.838. The number of hydrogen-bond acceptors (Lipinski definition) is 6. The molecule has 0 atom stereocenters. The molecule has 1 aromatic heterocycles. The summed E-state index contributed by atoms with van der Waals surface area (Å²) in [7, 11) is 0. The molecule has 1 aromatic rings. The zero-order chi connectivity index (χ0) is 15.2. The number of piperidine rings is 1. The summed E-state index contributed by atoms with van der Waals surface area (Å²) in [5.74, 6) is -0.261. The van der Waals surface area contributed by atoms with Crippen molar-refractivity contribution in [1.82, 2.24) is 15.1 Å². The number of aliphatic hydroxyl groups is 1. The van der Waals surface area contributed by atoms with Crippen LogP contribution in [-0.2, 0) is 16.0 Å². The van der Waals surface area contributed by atoms with Gasteiger partial charge in [-0.25, -0.2) is 0 Å². The maximum absolute atomic E-state index is 12.0. The molecule has 0 bridgehead atoms. The Balaban J connectivity index is 1.72. The molecule has 0 spiro atoms. The summed E-state index contributed by atoms with van der Waals surface area (Å²) in [6, 6.07) is 0. The Morgan fingerprint density at radius 1 is 1.33 bits per heavy atom. The van der Waals surface area contributed by atoms with Crippen molar-refractivity contribution in [1.29, 1.82) is 0 Å². The number of rotatable bonds is 5. The Hall–Kier alpha value is -1.54. The van der Waals surface area contributed by atoms with Crippen LogP contribution in [0.25, 0.3) is 0 Å². The van der Waals surface area contributed by atoms with Gasteiger partial charge in [-0.1, -0.05) is 18.3 Å². The summed E-state index contributed by atoms with van der Waals surface area (Å²) < 4.78 is 0. The third-order valence-corrected chi connectivity index (χ3v) is 4.38. The van der Waals surface area contributed by atoms with Crippen LogP contribution in [0.1, 0.15) is 37.6 Å². The summed E-state index contributed by atoms with van der Waals surface area (Å²) in [5.41, 5.74) is 0. The van der Waals surface area contributed by atoms with Crippen molar-refractivity contribution in [2.45, 2.75) is 45.1 Å². The molecule has 21 heavy (non-hydrogen) atoms. The number of aryl methyl sites for hydroxylation is 1. The van der Waals surface area contributed by atoms with Crippen molar-refractivity contribution in [2.75, 3.05) is 18.4 Å². The molecule has 0 unspecified atom stereocenters. The second-order valence-corrected chi connectivity index (χ2v) is 6.08. The summed E-state index contributed by atoms with van der Waals surface area (Å²) in [5, 5.41) is 21.2. The highest BCUT2D eigenvalue weighted by Gasteiger charge is 2.21. The molecule has 0 radical (unpaired) electrons. The number of aromatic nitrogens is 2. The predicted molar refractivity (Wildman–Crippen MR) is 79.0 cm³/mol. The van der Waals surface area contributed by atoms with Crippen LogP contribution in [0.2, 0.25) is 0 Å². The molecule has 2 heterocycles. The van der Waals surface area contributed by atoms with Crippen LogP contribution in [0.4, 0.5) is 5.13 Å². The number of amides is 2. The lowest BCUT2D eigenvalue weighted by atomic mass is 10.1. The maximum atomic E-state index is 12.0. The molecule has 0 saturated carbocycles. The van der Waals surface area contributed by atoms with E-state index in [1.807, 2.05) is 6.92 Å². The van der Waals surface area contributed by atoms with Gasteiger partial charge >= 0.3 is 0 Å². The second-order valence-electron chi connectivity index (χ2n) is 5.01. The van der Waals surface area contributed by atoms with Crippen molar-refractivity contribution in [3.05, 3.63) is 5.01 Å². The first kappa shape index (κ1) is 15.8. The van der Waals surface area contributed by atoms with Crippen molar-refractivity contribution in [3.63, 3.8) is 0 Å². The van der Waals surface area contributed by atoms with E-state index in [1.165, 1.54) is 11.3 Å². The fourth-order valence-corrected chi connectivity index (χ4v) is 2.82. The Bertz CT molecular complexity index is 497. The van der Waals surface area contributed by atoms with Crippen molar-refractivity contribution in [3.8, 4) is 0 Å². The molecule has 7 nitrogen and oxygen atoms in total. The predicted octanol–water partition coefficient (Wildman–Crippen LogP) is 0.802. The second kappa shape index (κ2) is 7.46. The van der Waals surface area contributed by atoms with Crippen LogP contribution in [0, 0.1) is 0 Å².